The number of hydrogen-bond donors (Lipinski definition) is 1. The van der Waals surface area contributed by atoms with Crippen LogP contribution in [0.3, 0.4) is 0 Å². The highest BCUT2D eigenvalue weighted by molar-refractivity contribution is 7.90. The molecule has 0 heterocycles. The van der Waals surface area contributed by atoms with Crippen LogP contribution in [0.5, 0.6) is 0 Å². The van der Waals surface area contributed by atoms with Gasteiger partial charge >= 0.3 is 10.2 Å². The fraction of sp³-hybridized carbons (Fsp3) is 0.333. The Kier molecular flexibility index (Phi) is 10.7. The van der Waals surface area contributed by atoms with E-state index in [1.165, 1.54) is 19.0 Å². The van der Waals surface area contributed by atoms with E-state index in [0.29, 0.717) is 12.2 Å². The highest BCUT2D eigenvalue weighted by Gasteiger charge is 2.34. The molecule has 3 rings (SSSR count). The van der Waals surface area contributed by atoms with Gasteiger partial charge in [0, 0.05) is 33.6 Å². The summed E-state index contributed by atoms with van der Waals surface area (Å²) in [5.41, 5.74) is 2.10. The summed E-state index contributed by atoms with van der Waals surface area (Å²) in [5.74, 6) is -0.532. The van der Waals surface area contributed by atoms with Crippen LogP contribution in [0, 0.1) is 5.92 Å². The second-order valence-corrected chi connectivity index (χ2v) is 12.1. The standard InChI is InChI=1S/C30H38N4O4S/c1-24(2)21-31-30(36)28(20-25-14-8-5-9-15-25)33(22-26-16-10-6-11-17-26)29(35)23-34(39(37,38)32(3)4)27-18-12-7-13-19-27/h5-19,24,28H,20-23H2,1-4H3,(H,31,36)/t28-/m1/s1. The maximum Gasteiger partial charge on any atom is 0.304 e. The second kappa shape index (κ2) is 13.9. The molecule has 0 aliphatic rings. The van der Waals surface area contributed by atoms with Gasteiger partial charge in [0.1, 0.15) is 12.6 Å². The van der Waals surface area contributed by atoms with Gasteiger partial charge < -0.3 is 10.2 Å². The number of benzene rings is 3. The zero-order chi connectivity index (χ0) is 28.4. The molecule has 1 atom stereocenters. The molecule has 8 nitrogen and oxygen atoms in total. The molecule has 208 valence electrons. The summed E-state index contributed by atoms with van der Waals surface area (Å²) >= 11 is 0. The molecule has 0 saturated heterocycles. The molecule has 1 N–H and O–H groups in total. The predicted molar refractivity (Wildman–Crippen MR) is 155 cm³/mol. The number of carbonyl (C=O) groups excluding carboxylic acids is 2. The first kappa shape index (κ1) is 29.9. The third-order valence-electron chi connectivity index (χ3n) is 6.21. The monoisotopic (exact) mass is 550 g/mol. The molecule has 3 aromatic rings. The molecule has 39 heavy (non-hydrogen) atoms. The third kappa shape index (κ3) is 8.40. The van der Waals surface area contributed by atoms with Gasteiger partial charge in [-0.3, -0.25) is 9.59 Å². The number of hydrogen-bond acceptors (Lipinski definition) is 4. The van der Waals surface area contributed by atoms with Gasteiger partial charge in [0.15, 0.2) is 0 Å². The van der Waals surface area contributed by atoms with Crippen molar-refractivity contribution in [2.24, 2.45) is 5.92 Å². The molecule has 9 heteroatoms. The lowest BCUT2D eigenvalue weighted by molar-refractivity contribution is -0.140. The Morgan fingerprint density at radius 3 is 1.82 bits per heavy atom. The zero-order valence-electron chi connectivity index (χ0n) is 23.0. The van der Waals surface area contributed by atoms with Crippen molar-refractivity contribution in [3.05, 3.63) is 102 Å². The first-order valence-electron chi connectivity index (χ1n) is 13.0. The van der Waals surface area contributed by atoms with Gasteiger partial charge in [-0.1, -0.05) is 92.7 Å². The summed E-state index contributed by atoms with van der Waals surface area (Å²) in [4.78, 5) is 29.2. The molecule has 3 aromatic carbocycles. The lowest BCUT2D eigenvalue weighted by Gasteiger charge is -2.34. The van der Waals surface area contributed by atoms with Crippen molar-refractivity contribution in [3.63, 3.8) is 0 Å². The Labute approximate surface area is 232 Å². The molecule has 0 aromatic heterocycles. The Bertz CT molecular complexity index is 1300. The lowest BCUT2D eigenvalue weighted by atomic mass is 10.0. The van der Waals surface area contributed by atoms with Gasteiger partial charge in [-0.05, 0) is 29.2 Å². The van der Waals surface area contributed by atoms with Crippen molar-refractivity contribution in [1.29, 1.82) is 0 Å². The number of rotatable bonds is 13. The van der Waals surface area contributed by atoms with E-state index in [2.05, 4.69) is 5.32 Å². The molecular formula is C30H38N4O4S. The Hall–Kier alpha value is -3.69. The van der Waals surface area contributed by atoms with Crippen molar-refractivity contribution in [2.75, 3.05) is 31.5 Å². The quantitative estimate of drug-likeness (QED) is 0.351. The molecule has 0 aliphatic heterocycles. The molecule has 0 saturated carbocycles. The fourth-order valence-electron chi connectivity index (χ4n) is 4.07. The van der Waals surface area contributed by atoms with E-state index in [1.54, 1.807) is 30.3 Å². The van der Waals surface area contributed by atoms with E-state index in [0.717, 1.165) is 19.7 Å². The highest BCUT2D eigenvalue weighted by Crippen LogP contribution is 2.21. The van der Waals surface area contributed by atoms with Crippen LogP contribution < -0.4 is 9.62 Å². The summed E-state index contributed by atoms with van der Waals surface area (Å²) in [6.07, 6.45) is 0.287. The number of para-hydroxylation sites is 1. The number of carbonyl (C=O) groups is 2. The van der Waals surface area contributed by atoms with Crippen LogP contribution in [0.15, 0.2) is 91.0 Å². The van der Waals surface area contributed by atoms with E-state index < -0.39 is 28.7 Å². The van der Waals surface area contributed by atoms with Gasteiger partial charge in [-0.2, -0.15) is 12.7 Å². The molecule has 0 radical (unpaired) electrons. The highest BCUT2D eigenvalue weighted by atomic mass is 32.2. The molecule has 0 aliphatic carbocycles. The molecule has 0 unspecified atom stereocenters. The summed E-state index contributed by atoms with van der Waals surface area (Å²) in [6, 6.07) is 26.6. The normalized spacial score (nSPS) is 12.3. The average Bonchev–Trinajstić information content (AvgIpc) is 2.93. The zero-order valence-corrected chi connectivity index (χ0v) is 23.8. The summed E-state index contributed by atoms with van der Waals surface area (Å²) < 4.78 is 28.8. The first-order chi connectivity index (χ1) is 18.6. The van der Waals surface area contributed by atoms with Crippen molar-refractivity contribution in [3.8, 4) is 0 Å². The third-order valence-corrected chi connectivity index (χ3v) is 8.03. The number of anilines is 1. The van der Waals surface area contributed by atoms with Gasteiger partial charge in [-0.15, -0.1) is 0 Å². The van der Waals surface area contributed by atoms with Gasteiger partial charge in [0.05, 0.1) is 5.69 Å². The van der Waals surface area contributed by atoms with Crippen LogP contribution in [0.2, 0.25) is 0 Å². The van der Waals surface area contributed by atoms with Crippen molar-refractivity contribution in [2.45, 2.75) is 32.9 Å². The number of nitrogens with one attached hydrogen (secondary N) is 1. The molecule has 0 spiro atoms. The minimum Gasteiger partial charge on any atom is -0.354 e. The van der Waals surface area contributed by atoms with Crippen molar-refractivity contribution < 1.29 is 18.0 Å². The number of nitrogens with zero attached hydrogens (tertiary/aromatic N) is 3. The van der Waals surface area contributed by atoms with Crippen LogP contribution in [0.25, 0.3) is 0 Å². The fourth-order valence-corrected chi connectivity index (χ4v) is 5.12. The van der Waals surface area contributed by atoms with Crippen LogP contribution in [-0.2, 0) is 32.8 Å². The van der Waals surface area contributed by atoms with Crippen LogP contribution in [0.1, 0.15) is 25.0 Å². The van der Waals surface area contributed by atoms with E-state index in [9.17, 15) is 18.0 Å². The van der Waals surface area contributed by atoms with E-state index in [-0.39, 0.29) is 24.8 Å². The minimum atomic E-state index is -4.00. The van der Waals surface area contributed by atoms with Crippen molar-refractivity contribution >= 4 is 27.7 Å². The van der Waals surface area contributed by atoms with Crippen LogP contribution in [0.4, 0.5) is 5.69 Å². The molecule has 0 fully saturated rings. The van der Waals surface area contributed by atoms with E-state index >= 15 is 0 Å². The van der Waals surface area contributed by atoms with Gasteiger partial charge in [0.2, 0.25) is 11.8 Å². The van der Waals surface area contributed by atoms with Gasteiger partial charge in [-0.25, -0.2) is 4.31 Å². The largest absolute Gasteiger partial charge is 0.354 e. The molecular weight excluding hydrogens is 512 g/mol. The van der Waals surface area contributed by atoms with Crippen molar-refractivity contribution in [1.82, 2.24) is 14.5 Å². The minimum absolute atomic E-state index is 0.150. The van der Waals surface area contributed by atoms with E-state index in [1.807, 2.05) is 74.5 Å². The summed E-state index contributed by atoms with van der Waals surface area (Å²) in [7, 11) is -1.15. The lowest BCUT2D eigenvalue weighted by Crippen LogP contribution is -2.54. The second-order valence-electron chi connectivity index (χ2n) is 9.98. The maximum atomic E-state index is 14.1. The van der Waals surface area contributed by atoms with Crippen LogP contribution in [-0.4, -0.2) is 62.7 Å². The molecule has 2 amide bonds. The maximum absolute atomic E-state index is 14.1. The Morgan fingerprint density at radius 2 is 1.31 bits per heavy atom. The predicted octanol–water partition coefficient (Wildman–Crippen LogP) is 3.71. The topological polar surface area (TPSA) is 90.0 Å². The smallest absolute Gasteiger partial charge is 0.304 e. The van der Waals surface area contributed by atoms with Gasteiger partial charge in [0.25, 0.3) is 0 Å². The van der Waals surface area contributed by atoms with E-state index in [4.69, 9.17) is 0 Å². The van der Waals surface area contributed by atoms with Crippen LogP contribution >= 0.6 is 0 Å². The summed E-state index contributed by atoms with van der Waals surface area (Å²) in [6.45, 7) is 4.16. The summed E-state index contributed by atoms with van der Waals surface area (Å²) in [5, 5.41) is 2.98. The Morgan fingerprint density at radius 1 is 0.795 bits per heavy atom. The Balaban J connectivity index is 2.04. The SMILES string of the molecule is CC(C)CNC(=O)[C@@H](Cc1ccccc1)N(Cc1ccccc1)C(=O)CN(c1ccccc1)S(=O)(=O)N(C)C. The molecule has 0 bridgehead atoms. The average molecular weight is 551 g/mol. The number of amides is 2. The first-order valence-corrected chi connectivity index (χ1v) is 14.4.